The molecule has 0 unspecified atom stereocenters. The van der Waals surface area contributed by atoms with Gasteiger partial charge >= 0.3 is 0 Å². The predicted octanol–water partition coefficient (Wildman–Crippen LogP) is 3.64. The van der Waals surface area contributed by atoms with Crippen LogP contribution in [0.4, 0.5) is 0 Å². The second-order valence-corrected chi connectivity index (χ2v) is 6.44. The minimum atomic E-state index is 0.141. The van der Waals surface area contributed by atoms with Crippen LogP contribution in [0.15, 0.2) is 53.1 Å². The normalized spacial score (nSPS) is 14.9. The molecule has 0 atom stereocenters. The average Bonchev–Trinajstić information content (AvgIpc) is 2.88. The summed E-state index contributed by atoms with van der Waals surface area (Å²) in [5, 5.41) is 11.2. The topological polar surface area (TPSA) is 40.5 Å². The number of hydrogen-bond donors (Lipinski definition) is 1. The second kappa shape index (κ2) is 6.55. The van der Waals surface area contributed by atoms with Crippen LogP contribution >= 0.6 is 11.8 Å². The fourth-order valence-electron chi connectivity index (χ4n) is 2.78. The Balaban J connectivity index is 1.83. The van der Waals surface area contributed by atoms with Gasteiger partial charge in [0, 0.05) is 29.2 Å². The number of carbonyl (C=O) groups excluding carboxylic acids is 1. The van der Waals surface area contributed by atoms with E-state index in [-0.39, 0.29) is 12.4 Å². The Morgan fingerprint density at radius 2 is 2.00 bits per heavy atom. The quantitative estimate of drug-likeness (QED) is 0.856. The van der Waals surface area contributed by atoms with Crippen molar-refractivity contribution < 1.29 is 9.90 Å². The number of allylic oxidation sites excluding steroid dienone is 1. The molecule has 1 N–H and O–H groups in total. The van der Waals surface area contributed by atoms with E-state index in [0.29, 0.717) is 13.0 Å². The smallest absolute Gasteiger partial charge is 0.182 e. The molecule has 1 aliphatic heterocycles. The van der Waals surface area contributed by atoms with Gasteiger partial charge in [-0.25, -0.2) is 0 Å². The SMILES string of the molecule is CC1=C(CCO)SCN1CC(=O)c1cccc2ccccc12. The Hall–Kier alpha value is -1.78. The Labute approximate surface area is 134 Å². The average molecular weight is 313 g/mol. The van der Waals surface area contributed by atoms with Crippen molar-refractivity contribution in [3.63, 3.8) is 0 Å². The summed E-state index contributed by atoms with van der Waals surface area (Å²) in [6.45, 7) is 2.58. The van der Waals surface area contributed by atoms with Crippen molar-refractivity contribution in [3.8, 4) is 0 Å². The Kier molecular flexibility index (Phi) is 4.50. The molecule has 0 aliphatic carbocycles. The number of Topliss-reactive ketones (excluding diaryl/α,β-unsaturated/α-hetero) is 1. The highest BCUT2D eigenvalue weighted by atomic mass is 32.2. The molecule has 0 saturated heterocycles. The molecular formula is C18H19NO2S. The first-order valence-corrected chi connectivity index (χ1v) is 8.38. The fraction of sp³-hybridized carbons (Fsp3) is 0.278. The number of hydrogen-bond acceptors (Lipinski definition) is 4. The summed E-state index contributed by atoms with van der Waals surface area (Å²) >= 11 is 1.72. The van der Waals surface area contributed by atoms with Gasteiger partial charge in [0.2, 0.25) is 0 Å². The lowest BCUT2D eigenvalue weighted by molar-refractivity contribution is 0.0960. The molecule has 2 aromatic rings. The standard InChI is InChI=1S/C18H19NO2S/c1-13-18(9-10-20)22-12-19(13)11-17(21)16-8-4-6-14-5-2-3-7-15(14)16/h2-8,20H,9-12H2,1H3. The molecule has 0 amide bonds. The van der Waals surface area contributed by atoms with Crippen LogP contribution in [-0.4, -0.2) is 34.8 Å². The van der Waals surface area contributed by atoms with Gasteiger partial charge in [-0.3, -0.25) is 4.79 Å². The van der Waals surface area contributed by atoms with E-state index in [1.165, 1.54) is 4.91 Å². The molecule has 2 aromatic carbocycles. The van der Waals surface area contributed by atoms with Crippen molar-refractivity contribution >= 4 is 28.3 Å². The van der Waals surface area contributed by atoms with E-state index in [4.69, 9.17) is 5.11 Å². The van der Waals surface area contributed by atoms with Gasteiger partial charge < -0.3 is 10.0 Å². The third-order valence-corrected chi connectivity index (χ3v) is 5.32. The number of fused-ring (bicyclic) bond motifs is 1. The lowest BCUT2D eigenvalue weighted by Crippen LogP contribution is -2.25. The highest BCUT2D eigenvalue weighted by Crippen LogP contribution is 2.33. The van der Waals surface area contributed by atoms with Gasteiger partial charge in [-0.05, 0) is 17.7 Å². The molecule has 0 aromatic heterocycles. The van der Waals surface area contributed by atoms with Gasteiger partial charge in [0.15, 0.2) is 5.78 Å². The predicted molar refractivity (Wildman–Crippen MR) is 91.8 cm³/mol. The third kappa shape index (κ3) is 2.89. The first-order chi connectivity index (χ1) is 10.7. The zero-order valence-electron chi connectivity index (χ0n) is 12.6. The number of thioether (sulfide) groups is 1. The Morgan fingerprint density at radius 3 is 2.82 bits per heavy atom. The van der Waals surface area contributed by atoms with E-state index >= 15 is 0 Å². The van der Waals surface area contributed by atoms with Gasteiger partial charge in [0.25, 0.3) is 0 Å². The summed E-state index contributed by atoms with van der Waals surface area (Å²) in [7, 11) is 0. The third-order valence-electron chi connectivity index (χ3n) is 4.04. The number of rotatable bonds is 5. The van der Waals surface area contributed by atoms with Crippen LogP contribution in [0, 0.1) is 0 Å². The molecule has 1 heterocycles. The molecule has 0 saturated carbocycles. The summed E-state index contributed by atoms with van der Waals surface area (Å²) in [6.07, 6.45) is 0.676. The van der Waals surface area contributed by atoms with E-state index in [2.05, 4.69) is 4.90 Å². The van der Waals surface area contributed by atoms with Gasteiger partial charge in [-0.2, -0.15) is 0 Å². The first kappa shape index (κ1) is 15.1. The minimum absolute atomic E-state index is 0.141. The molecular weight excluding hydrogens is 294 g/mol. The van der Waals surface area contributed by atoms with Crippen molar-refractivity contribution in [2.45, 2.75) is 13.3 Å². The largest absolute Gasteiger partial charge is 0.396 e. The highest BCUT2D eigenvalue weighted by molar-refractivity contribution is 8.03. The summed E-state index contributed by atoms with van der Waals surface area (Å²) < 4.78 is 0. The maximum absolute atomic E-state index is 12.7. The zero-order valence-corrected chi connectivity index (χ0v) is 13.4. The number of carbonyl (C=O) groups is 1. The van der Waals surface area contributed by atoms with E-state index in [1.807, 2.05) is 49.4 Å². The summed E-state index contributed by atoms with van der Waals surface area (Å²) in [6, 6.07) is 13.9. The summed E-state index contributed by atoms with van der Waals surface area (Å²) in [5.41, 5.74) is 1.90. The van der Waals surface area contributed by atoms with Crippen molar-refractivity contribution in [2.75, 3.05) is 19.0 Å². The first-order valence-electron chi connectivity index (χ1n) is 7.40. The highest BCUT2D eigenvalue weighted by Gasteiger charge is 2.22. The van der Waals surface area contributed by atoms with E-state index < -0.39 is 0 Å². The zero-order chi connectivity index (χ0) is 15.5. The van der Waals surface area contributed by atoms with Gasteiger partial charge in [0.05, 0.1) is 12.4 Å². The fourth-order valence-corrected chi connectivity index (χ4v) is 3.95. The number of benzene rings is 2. The number of ketones is 1. The molecule has 1 aliphatic rings. The summed E-state index contributed by atoms with van der Waals surface area (Å²) in [4.78, 5) is 16.0. The van der Waals surface area contributed by atoms with Gasteiger partial charge in [-0.1, -0.05) is 42.5 Å². The second-order valence-electron chi connectivity index (χ2n) is 5.40. The van der Waals surface area contributed by atoms with Crippen molar-refractivity contribution in [2.24, 2.45) is 0 Å². The maximum atomic E-state index is 12.7. The van der Waals surface area contributed by atoms with E-state index in [0.717, 1.165) is 27.9 Å². The maximum Gasteiger partial charge on any atom is 0.182 e. The molecule has 0 spiro atoms. The van der Waals surface area contributed by atoms with Crippen LogP contribution in [-0.2, 0) is 0 Å². The number of aliphatic hydroxyl groups is 1. The van der Waals surface area contributed by atoms with Crippen LogP contribution in [0.25, 0.3) is 10.8 Å². The minimum Gasteiger partial charge on any atom is -0.396 e. The van der Waals surface area contributed by atoms with Crippen molar-refractivity contribution in [1.82, 2.24) is 4.90 Å². The molecule has 4 heteroatoms. The van der Waals surface area contributed by atoms with Crippen LogP contribution in [0.2, 0.25) is 0 Å². The van der Waals surface area contributed by atoms with Crippen LogP contribution in [0.1, 0.15) is 23.7 Å². The molecule has 0 radical (unpaired) electrons. The lowest BCUT2D eigenvalue weighted by atomic mass is 10.0. The molecule has 3 nitrogen and oxygen atoms in total. The Bertz CT molecular complexity index is 733. The van der Waals surface area contributed by atoms with Crippen LogP contribution in [0.3, 0.4) is 0 Å². The van der Waals surface area contributed by atoms with Gasteiger partial charge in [0.1, 0.15) is 0 Å². The lowest BCUT2D eigenvalue weighted by Gasteiger charge is -2.18. The molecule has 0 bridgehead atoms. The Morgan fingerprint density at radius 1 is 1.23 bits per heavy atom. The van der Waals surface area contributed by atoms with Gasteiger partial charge in [-0.15, -0.1) is 11.8 Å². The molecule has 22 heavy (non-hydrogen) atoms. The molecule has 3 rings (SSSR count). The van der Waals surface area contributed by atoms with Crippen molar-refractivity contribution in [1.29, 1.82) is 0 Å². The number of aliphatic hydroxyl groups excluding tert-OH is 1. The van der Waals surface area contributed by atoms with E-state index in [9.17, 15) is 4.79 Å². The van der Waals surface area contributed by atoms with Crippen molar-refractivity contribution in [3.05, 3.63) is 58.6 Å². The number of nitrogens with zero attached hydrogens (tertiary/aromatic N) is 1. The monoisotopic (exact) mass is 313 g/mol. The van der Waals surface area contributed by atoms with E-state index in [1.54, 1.807) is 11.8 Å². The van der Waals surface area contributed by atoms with Crippen LogP contribution in [0.5, 0.6) is 0 Å². The molecule has 114 valence electrons. The summed E-state index contributed by atoms with van der Waals surface area (Å²) in [5.74, 6) is 0.930. The molecule has 0 fully saturated rings. The van der Waals surface area contributed by atoms with Crippen LogP contribution < -0.4 is 0 Å².